The van der Waals surface area contributed by atoms with Crippen LogP contribution in [0.4, 0.5) is 5.69 Å². The van der Waals surface area contributed by atoms with E-state index in [9.17, 15) is 13.2 Å². The molecule has 1 atom stereocenters. The number of sulfonamides is 1. The van der Waals surface area contributed by atoms with Crippen LogP contribution < -0.4 is 4.31 Å². The minimum Gasteiger partial charge on any atom is -0.342 e. The highest BCUT2D eigenvalue weighted by molar-refractivity contribution is 7.92. The van der Waals surface area contributed by atoms with Gasteiger partial charge in [-0.2, -0.15) is 0 Å². The lowest BCUT2D eigenvalue weighted by Crippen LogP contribution is -2.41. The van der Waals surface area contributed by atoms with E-state index in [1.165, 1.54) is 22.5 Å². The molecule has 0 spiro atoms. The van der Waals surface area contributed by atoms with Crippen molar-refractivity contribution in [3.63, 3.8) is 0 Å². The van der Waals surface area contributed by atoms with E-state index in [4.69, 9.17) is 23.2 Å². The summed E-state index contributed by atoms with van der Waals surface area (Å²) in [5.41, 5.74) is 0.370. The van der Waals surface area contributed by atoms with Crippen molar-refractivity contribution in [3.8, 4) is 0 Å². The number of rotatable bonds is 5. The van der Waals surface area contributed by atoms with Gasteiger partial charge in [-0.05, 0) is 37.0 Å². The number of benzene rings is 1. The second kappa shape index (κ2) is 7.93. The van der Waals surface area contributed by atoms with Gasteiger partial charge in [-0.25, -0.2) is 8.42 Å². The van der Waals surface area contributed by atoms with Crippen molar-refractivity contribution in [1.82, 2.24) is 4.90 Å². The van der Waals surface area contributed by atoms with Crippen molar-refractivity contribution in [2.45, 2.75) is 26.2 Å². The summed E-state index contributed by atoms with van der Waals surface area (Å²) in [6.45, 7) is 3.67. The lowest BCUT2D eigenvalue weighted by atomic mass is 10.00. The van der Waals surface area contributed by atoms with Crippen LogP contribution in [0, 0.1) is 5.92 Å². The normalized spacial score (nSPS) is 18.5. The molecule has 0 bridgehead atoms. The molecule has 5 nitrogen and oxygen atoms in total. The van der Waals surface area contributed by atoms with E-state index < -0.39 is 10.0 Å². The van der Waals surface area contributed by atoms with Crippen LogP contribution in [-0.4, -0.2) is 45.1 Å². The second-order valence-electron chi connectivity index (χ2n) is 6.30. The summed E-state index contributed by atoms with van der Waals surface area (Å²) in [4.78, 5) is 14.2. The number of likely N-dealkylation sites (tertiary alicyclic amines) is 1. The average molecular weight is 393 g/mol. The largest absolute Gasteiger partial charge is 0.342 e. The number of anilines is 1. The molecule has 1 amide bonds. The highest BCUT2D eigenvalue weighted by Gasteiger charge is 2.24. The molecule has 1 aliphatic heterocycles. The van der Waals surface area contributed by atoms with Gasteiger partial charge in [0, 0.05) is 36.1 Å². The monoisotopic (exact) mass is 392 g/mol. The third-order valence-electron chi connectivity index (χ3n) is 4.07. The molecular formula is C16H22Cl2N2O3S. The second-order valence-corrected chi connectivity index (χ2v) is 9.08. The number of amides is 1. The molecule has 0 N–H and O–H groups in total. The summed E-state index contributed by atoms with van der Waals surface area (Å²) in [5.74, 6) is 0.462. The van der Waals surface area contributed by atoms with Gasteiger partial charge in [-0.15, -0.1) is 0 Å². The first-order valence-corrected chi connectivity index (χ1v) is 10.5. The average Bonchev–Trinajstić information content (AvgIpc) is 2.44. The number of halogens is 2. The third kappa shape index (κ3) is 5.26. The first-order chi connectivity index (χ1) is 11.2. The van der Waals surface area contributed by atoms with Gasteiger partial charge in [0.1, 0.15) is 0 Å². The minimum atomic E-state index is -3.54. The Morgan fingerprint density at radius 1 is 1.29 bits per heavy atom. The lowest BCUT2D eigenvalue weighted by molar-refractivity contribution is -0.132. The minimum absolute atomic E-state index is 0.0247. The van der Waals surface area contributed by atoms with Gasteiger partial charge in [0.05, 0.1) is 11.9 Å². The predicted octanol–water partition coefficient (Wildman–Crippen LogP) is 3.41. The van der Waals surface area contributed by atoms with Gasteiger partial charge in [0.25, 0.3) is 0 Å². The summed E-state index contributed by atoms with van der Waals surface area (Å²) in [6, 6.07) is 4.59. The molecule has 1 fully saturated rings. The smallest absolute Gasteiger partial charge is 0.232 e. The molecule has 1 unspecified atom stereocenters. The number of carbonyl (C=O) groups excluding carboxylic acids is 1. The van der Waals surface area contributed by atoms with Crippen LogP contribution in [0.25, 0.3) is 0 Å². The van der Waals surface area contributed by atoms with E-state index in [2.05, 4.69) is 6.92 Å². The fourth-order valence-electron chi connectivity index (χ4n) is 2.94. The molecule has 0 aromatic heterocycles. The van der Waals surface area contributed by atoms with Crippen molar-refractivity contribution < 1.29 is 13.2 Å². The number of hydrogen-bond donors (Lipinski definition) is 0. The highest BCUT2D eigenvalue weighted by atomic mass is 35.5. The Labute approximate surface area is 153 Å². The van der Waals surface area contributed by atoms with E-state index in [-0.39, 0.29) is 18.9 Å². The SMILES string of the molecule is CC1CCCN(C(=O)CCN(c2cc(Cl)cc(Cl)c2)S(C)(=O)=O)C1. The summed E-state index contributed by atoms with van der Waals surface area (Å²) >= 11 is 11.9. The maximum absolute atomic E-state index is 12.4. The molecule has 134 valence electrons. The molecule has 0 saturated carbocycles. The fourth-order valence-corrected chi connectivity index (χ4v) is 4.37. The summed E-state index contributed by atoms with van der Waals surface area (Å²) in [7, 11) is -3.54. The van der Waals surface area contributed by atoms with Crippen molar-refractivity contribution in [2.75, 3.05) is 30.2 Å². The predicted molar refractivity (Wildman–Crippen MR) is 98.2 cm³/mol. The first kappa shape index (κ1) is 19.3. The zero-order valence-corrected chi connectivity index (χ0v) is 16.2. The van der Waals surface area contributed by atoms with Crippen LogP contribution in [0.3, 0.4) is 0 Å². The maximum atomic E-state index is 12.4. The molecular weight excluding hydrogens is 371 g/mol. The van der Waals surface area contributed by atoms with Crippen molar-refractivity contribution in [1.29, 1.82) is 0 Å². The Hall–Kier alpha value is -0.980. The quantitative estimate of drug-likeness (QED) is 0.771. The van der Waals surface area contributed by atoms with E-state index in [1.54, 1.807) is 0 Å². The van der Waals surface area contributed by atoms with Crippen LogP contribution in [0.1, 0.15) is 26.2 Å². The molecule has 0 radical (unpaired) electrons. The molecule has 1 aromatic carbocycles. The molecule has 0 aliphatic carbocycles. The fraction of sp³-hybridized carbons (Fsp3) is 0.562. The van der Waals surface area contributed by atoms with Crippen molar-refractivity contribution >= 4 is 44.8 Å². The molecule has 24 heavy (non-hydrogen) atoms. The Balaban J connectivity index is 2.11. The van der Waals surface area contributed by atoms with Crippen LogP contribution in [-0.2, 0) is 14.8 Å². The Morgan fingerprint density at radius 2 is 1.92 bits per heavy atom. The van der Waals surface area contributed by atoms with Gasteiger partial charge >= 0.3 is 0 Å². The summed E-state index contributed by atoms with van der Waals surface area (Å²) < 4.78 is 25.4. The standard InChI is InChI=1S/C16H22Cl2N2O3S/c1-12-4-3-6-19(11-12)16(21)5-7-20(24(2,22)23)15-9-13(17)8-14(18)10-15/h8-10,12H,3-7,11H2,1-2H3. The molecule has 1 saturated heterocycles. The van der Waals surface area contributed by atoms with Crippen molar-refractivity contribution in [3.05, 3.63) is 28.2 Å². The zero-order chi connectivity index (χ0) is 17.9. The molecule has 8 heteroatoms. The van der Waals surface area contributed by atoms with Gasteiger partial charge in [0.2, 0.25) is 15.9 Å². The van der Waals surface area contributed by atoms with E-state index >= 15 is 0 Å². The Bertz CT molecular complexity index is 689. The van der Waals surface area contributed by atoms with Crippen LogP contribution in [0.15, 0.2) is 18.2 Å². The first-order valence-electron chi connectivity index (χ1n) is 7.88. The van der Waals surface area contributed by atoms with Gasteiger partial charge in [0.15, 0.2) is 0 Å². The number of nitrogens with zero attached hydrogens (tertiary/aromatic N) is 2. The van der Waals surface area contributed by atoms with Crippen LogP contribution in [0.5, 0.6) is 0 Å². The van der Waals surface area contributed by atoms with E-state index in [0.717, 1.165) is 32.2 Å². The molecule has 2 rings (SSSR count). The maximum Gasteiger partial charge on any atom is 0.232 e. The Morgan fingerprint density at radius 3 is 2.46 bits per heavy atom. The van der Waals surface area contributed by atoms with E-state index in [1.807, 2.05) is 4.90 Å². The molecule has 1 aliphatic rings. The lowest BCUT2D eigenvalue weighted by Gasteiger charge is -2.32. The number of hydrogen-bond acceptors (Lipinski definition) is 3. The summed E-state index contributed by atoms with van der Waals surface area (Å²) in [5, 5.41) is 0.699. The number of piperidine rings is 1. The number of carbonyl (C=O) groups is 1. The van der Waals surface area contributed by atoms with E-state index in [0.29, 0.717) is 21.7 Å². The summed E-state index contributed by atoms with van der Waals surface area (Å²) in [6.07, 6.45) is 3.35. The van der Waals surface area contributed by atoms with Gasteiger partial charge in [-0.3, -0.25) is 9.10 Å². The van der Waals surface area contributed by atoms with Crippen LogP contribution >= 0.6 is 23.2 Å². The van der Waals surface area contributed by atoms with Crippen LogP contribution in [0.2, 0.25) is 10.0 Å². The highest BCUT2D eigenvalue weighted by Crippen LogP contribution is 2.27. The third-order valence-corrected chi connectivity index (χ3v) is 5.70. The Kier molecular flexibility index (Phi) is 6.39. The van der Waals surface area contributed by atoms with Gasteiger partial charge < -0.3 is 4.90 Å². The molecule has 1 aromatic rings. The van der Waals surface area contributed by atoms with Gasteiger partial charge in [-0.1, -0.05) is 30.1 Å². The topological polar surface area (TPSA) is 57.7 Å². The van der Waals surface area contributed by atoms with Crippen molar-refractivity contribution in [2.24, 2.45) is 5.92 Å². The zero-order valence-electron chi connectivity index (χ0n) is 13.8. The molecule has 1 heterocycles.